The molecule has 4 rings (SSSR count). The van der Waals surface area contributed by atoms with Crippen LogP contribution >= 0.6 is 0 Å². The van der Waals surface area contributed by atoms with Gasteiger partial charge in [0, 0.05) is 30.6 Å². The van der Waals surface area contributed by atoms with E-state index >= 15 is 0 Å². The van der Waals surface area contributed by atoms with E-state index in [1.165, 1.54) is 12.3 Å². The zero-order chi connectivity index (χ0) is 24.5. The van der Waals surface area contributed by atoms with E-state index in [1.54, 1.807) is 38.1 Å². The predicted octanol–water partition coefficient (Wildman–Crippen LogP) is 4.15. The molecule has 0 amide bonds. The topological polar surface area (TPSA) is 69.5 Å². The van der Waals surface area contributed by atoms with Gasteiger partial charge in [-0.25, -0.2) is 4.98 Å². The van der Waals surface area contributed by atoms with Crippen molar-refractivity contribution >= 4 is 11.0 Å². The molecule has 1 unspecified atom stereocenters. The molecule has 3 heterocycles. The average molecular weight is 472 g/mol. The van der Waals surface area contributed by atoms with Crippen LogP contribution in [-0.4, -0.2) is 45.7 Å². The van der Waals surface area contributed by atoms with Crippen LogP contribution in [-0.2, 0) is 6.30 Å². The molecule has 178 valence electrons. The second kappa shape index (κ2) is 9.35. The van der Waals surface area contributed by atoms with Crippen molar-refractivity contribution in [3.05, 3.63) is 52.4 Å². The molecule has 0 aliphatic carbocycles. The lowest BCUT2D eigenvalue weighted by Crippen LogP contribution is -2.33. The number of aromatic nitrogens is 3. The zero-order valence-corrected chi connectivity index (χ0v) is 18.9. The summed E-state index contributed by atoms with van der Waals surface area (Å²) in [6.07, 6.45) is -2.78. The van der Waals surface area contributed by atoms with E-state index in [-0.39, 0.29) is 33.5 Å². The van der Waals surface area contributed by atoms with Gasteiger partial charge >= 0.3 is 12.3 Å². The number of benzene rings is 1. The Morgan fingerprint density at radius 1 is 1.18 bits per heavy atom. The Hall–Kier alpha value is -3.58. The maximum atomic E-state index is 13.7. The predicted molar refractivity (Wildman–Crippen MR) is 120 cm³/mol. The molecule has 3 aromatic rings. The van der Waals surface area contributed by atoms with Crippen molar-refractivity contribution < 1.29 is 22.6 Å². The molecule has 1 aliphatic rings. The standard InChI is InChI=1S/C24H23F3N4O3/c1-15(2)4-5-16-12-17-13-28-23(29-21(17)31(22(16)32)24(25,26)27)34-19-8-6-18(7-9-19)33-20-10-11-30(3)14-20/h6-9,12-13,15,20H,10-11,14H2,1-3H3. The van der Waals surface area contributed by atoms with Gasteiger partial charge in [-0.05, 0) is 43.8 Å². The van der Waals surface area contributed by atoms with Gasteiger partial charge in [-0.1, -0.05) is 25.7 Å². The summed E-state index contributed by atoms with van der Waals surface area (Å²) in [5, 5.41) is 0.0163. The minimum absolute atomic E-state index is 0.0163. The summed E-state index contributed by atoms with van der Waals surface area (Å²) in [7, 11) is 2.03. The van der Waals surface area contributed by atoms with Crippen molar-refractivity contribution in [3.63, 3.8) is 0 Å². The van der Waals surface area contributed by atoms with Crippen LogP contribution in [0.5, 0.6) is 17.5 Å². The molecule has 7 nitrogen and oxygen atoms in total. The minimum atomic E-state index is -5.00. The van der Waals surface area contributed by atoms with Gasteiger partial charge in [0.15, 0.2) is 5.65 Å². The van der Waals surface area contributed by atoms with Crippen molar-refractivity contribution in [2.45, 2.75) is 32.7 Å². The molecule has 0 N–H and O–H groups in total. The summed E-state index contributed by atoms with van der Waals surface area (Å²) in [4.78, 5) is 22.6. The van der Waals surface area contributed by atoms with Crippen LogP contribution < -0.4 is 15.0 Å². The van der Waals surface area contributed by atoms with Crippen LogP contribution in [0.25, 0.3) is 11.0 Å². The lowest BCUT2D eigenvalue weighted by Gasteiger charge is -2.15. The number of likely N-dealkylation sites (tertiary alicyclic amines) is 1. The summed E-state index contributed by atoms with van der Waals surface area (Å²) in [5.74, 6) is 6.09. The van der Waals surface area contributed by atoms with E-state index in [0.29, 0.717) is 11.5 Å². The van der Waals surface area contributed by atoms with Gasteiger partial charge in [0.2, 0.25) is 0 Å². The first kappa shape index (κ1) is 23.6. The maximum absolute atomic E-state index is 13.7. The first-order chi connectivity index (χ1) is 16.1. The van der Waals surface area contributed by atoms with Crippen LogP contribution in [0.1, 0.15) is 25.8 Å². The van der Waals surface area contributed by atoms with Gasteiger partial charge in [-0.2, -0.15) is 9.55 Å². The number of halogens is 3. The second-order valence-corrected chi connectivity index (χ2v) is 8.39. The van der Waals surface area contributed by atoms with E-state index in [4.69, 9.17) is 9.47 Å². The van der Waals surface area contributed by atoms with Crippen molar-refractivity contribution in [3.8, 4) is 29.4 Å². The van der Waals surface area contributed by atoms with Crippen LogP contribution in [0, 0.1) is 17.8 Å². The number of hydrogen-bond donors (Lipinski definition) is 0. The number of nitrogens with zero attached hydrogens (tertiary/aromatic N) is 4. The fourth-order valence-corrected chi connectivity index (χ4v) is 3.55. The number of fused-ring (bicyclic) bond motifs is 1. The summed E-state index contributed by atoms with van der Waals surface area (Å²) < 4.78 is 52.4. The number of hydrogen-bond acceptors (Lipinski definition) is 6. The number of rotatable bonds is 4. The van der Waals surface area contributed by atoms with Gasteiger partial charge in [-0.15, -0.1) is 13.2 Å². The highest BCUT2D eigenvalue weighted by Crippen LogP contribution is 2.28. The second-order valence-electron chi connectivity index (χ2n) is 8.39. The van der Waals surface area contributed by atoms with Crippen LogP contribution in [0.3, 0.4) is 0 Å². The summed E-state index contributed by atoms with van der Waals surface area (Å²) in [5.41, 5.74) is -2.18. The normalized spacial score (nSPS) is 16.5. The van der Waals surface area contributed by atoms with Gasteiger partial charge in [0.05, 0.1) is 5.56 Å². The molecule has 2 aromatic heterocycles. The zero-order valence-electron chi connectivity index (χ0n) is 18.9. The Labute approximate surface area is 194 Å². The van der Waals surface area contributed by atoms with Crippen molar-refractivity contribution in [2.24, 2.45) is 5.92 Å². The number of likely N-dealkylation sites (N-methyl/N-ethyl adjacent to an activating group) is 1. The largest absolute Gasteiger partial charge is 0.493 e. The lowest BCUT2D eigenvalue weighted by atomic mass is 10.2. The Morgan fingerprint density at radius 3 is 2.50 bits per heavy atom. The van der Waals surface area contributed by atoms with Crippen molar-refractivity contribution in [1.82, 2.24) is 19.4 Å². The van der Waals surface area contributed by atoms with Gasteiger partial charge in [0.1, 0.15) is 17.6 Å². The van der Waals surface area contributed by atoms with Crippen LogP contribution in [0.15, 0.2) is 41.3 Å². The van der Waals surface area contributed by atoms with E-state index in [9.17, 15) is 18.0 Å². The van der Waals surface area contributed by atoms with Gasteiger partial charge in [-0.3, -0.25) is 4.79 Å². The smallest absolute Gasteiger partial charge is 0.489 e. The third kappa shape index (κ3) is 5.31. The van der Waals surface area contributed by atoms with Gasteiger partial charge < -0.3 is 14.4 Å². The molecule has 10 heteroatoms. The van der Waals surface area contributed by atoms with Gasteiger partial charge in [0.25, 0.3) is 5.56 Å². The van der Waals surface area contributed by atoms with E-state index < -0.39 is 17.5 Å². The number of alkyl halides is 3. The third-order valence-corrected chi connectivity index (χ3v) is 5.15. The molecule has 1 atom stereocenters. The minimum Gasteiger partial charge on any atom is -0.489 e. The quantitative estimate of drug-likeness (QED) is 0.532. The third-order valence-electron chi connectivity index (χ3n) is 5.15. The summed E-state index contributed by atoms with van der Waals surface area (Å²) in [6.45, 7) is 5.36. The molecule has 34 heavy (non-hydrogen) atoms. The first-order valence-electron chi connectivity index (χ1n) is 10.7. The van der Waals surface area contributed by atoms with Crippen molar-refractivity contribution in [2.75, 3.05) is 20.1 Å². The monoisotopic (exact) mass is 472 g/mol. The molecule has 1 saturated heterocycles. The fourth-order valence-electron chi connectivity index (χ4n) is 3.55. The van der Waals surface area contributed by atoms with Crippen LogP contribution in [0.2, 0.25) is 0 Å². The summed E-state index contributed by atoms with van der Waals surface area (Å²) in [6, 6.07) is 7.58. The van der Waals surface area contributed by atoms with Crippen LogP contribution in [0.4, 0.5) is 13.2 Å². The molecule has 1 aromatic carbocycles. The fraction of sp³-hybridized carbons (Fsp3) is 0.375. The molecule has 0 spiro atoms. The average Bonchev–Trinajstić information content (AvgIpc) is 3.17. The molecule has 0 saturated carbocycles. The highest BCUT2D eigenvalue weighted by molar-refractivity contribution is 5.76. The number of pyridine rings is 1. The molecule has 0 radical (unpaired) electrons. The van der Waals surface area contributed by atoms with E-state index in [2.05, 4.69) is 26.7 Å². The number of ether oxygens (including phenoxy) is 2. The Morgan fingerprint density at radius 2 is 1.88 bits per heavy atom. The summed E-state index contributed by atoms with van der Waals surface area (Å²) >= 11 is 0. The Balaban J connectivity index is 1.62. The highest BCUT2D eigenvalue weighted by Gasteiger charge is 2.35. The molecular formula is C24H23F3N4O3. The molecular weight excluding hydrogens is 449 g/mol. The van der Waals surface area contributed by atoms with Crippen molar-refractivity contribution in [1.29, 1.82) is 0 Å². The Bertz CT molecular complexity index is 1310. The molecule has 1 aliphatic heterocycles. The lowest BCUT2D eigenvalue weighted by molar-refractivity contribution is -0.203. The first-order valence-corrected chi connectivity index (χ1v) is 10.7. The van der Waals surface area contributed by atoms with E-state index in [0.717, 1.165) is 19.5 Å². The maximum Gasteiger partial charge on any atom is 0.493 e. The molecule has 0 bridgehead atoms. The Kier molecular flexibility index (Phi) is 6.48. The van der Waals surface area contributed by atoms with E-state index in [1.807, 2.05) is 7.05 Å². The highest BCUT2D eigenvalue weighted by atomic mass is 19.4. The SMILES string of the molecule is CC(C)C#Cc1cc2cnc(Oc3ccc(OC4CCN(C)C4)cc3)nc2n(C(F)(F)F)c1=O. The molecule has 1 fully saturated rings.